The first-order valence-corrected chi connectivity index (χ1v) is 7.38. The maximum atomic E-state index is 13.7. The van der Waals surface area contributed by atoms with Crippen molar-refractivity contribution in [2.75, 3.05) is 31.1 Å². The molecule has 1 amide bonds. The molecular weight excluding hydrogens is 301 g/mol. The van der Waals surface area contributed by atoms with Crippen LogP contribution in [0.5, 0.6) is 0 Å². The number of carbonyl (C=O) groups excluding carboxylic acids is 1. The van der Waals surface area contributed by atoms with Gasteiger partial charge in [0.05, 0.1) is 0 Å². The second-order valence-electron chi connectivity index (χ2n) is 5.89. The van der Waals surface area contributed by atoms with Crippen molar-refractivity contribution < 1.29 is 9.18 Å². The highest BCUT2D eigenvalue weighted by atomic mass is 19.1. The topological polar surface area (TPSA) is 90.9 Å². The molecule has 0 bridgehead atoms. The van der Waals surface area contributed by atoms with E-state index in [1.165, 1.54) is 13.8 Å². The van der Waals surface area contributed by atoms with Crippen LogP contribution in [0.15, 0.2) is 18.3 Å². The first kappa shape index (κ1) is 15.3. The van der Waals surface area contributed by atoms with E-state index >= 15 is 0 Å². The van der Waals surface area contributed by atoms with E-state index in [-0.39, 0.29) is 0 Å². The lowest BCUT2D eigenvalue weighted by molar-refractivity contribution is -0.142. The molecular formula is C14H18FN7O. The summed E-state index contributed by atoms with van der Waals surface area (Å²) in [6.45, 7) is 4.80. The number of tetrazole rings is 1. The van der Waals surface area contributed by atoms with Crippen molar-refractivity contribution >= 4 is 11.7 Å². The van der Waals surface area contributed by atoms with Gasteiger partial charge in [0, 0.05) is 37.9 Å². The van der Waals surface area contributed by atoms with Crippen molar-refractivity contribution in [3.63, 3.8) is 0 Å². The first-order chi connectivity index (χ1) is 10.9. The van der Waals surface area contributed by atoms with Crippen molar-refractivity contribution in [3.8, 4) is 11.4 Å². The molecule has 1 saturated heterocycles. The molecule has 2 aromatic heterocycles. The molecule has 9 heteroatoms. The van der Waals surface area contributed by atoms with Crippen LogP contribution in [0.3, 0.4) is 0 Å². The fourth-order valence-electron chi connectivity index (χ4n) is 2.50. The van der Waals surface area contributed by atoms with E-state index in [1.54, 1.807) is 11.1 Å². The molecule has 0 saturated carbocycles. The number of anilines is 1. The molecule has 0 spiro atoms. The van der Waals surface area contributed by atoms with Gasteiger partial charge in [-0.1, -0.05) is 0 Å². The number of amides is 1. The molecule has 122 valence electrons. The highest BCUT2D eigenvalue weighted by Crippen LogP contribution is 2.20. The van der Waals surface area contributed by atoms with Crippen LogP contribution in [0.2, 0.25) is 0 Å². The van der Waals surface area contributed by atoms with E-state index < -0.39 is 11.6 Å². The number of nitrogens with one attached hydrogen (secondary N) is 1. The number of aromatic amines is 1. The van der Waals surface area contributed by atoms with Crippen LogP contribution in [-0.4, -0.2) is 68.3 Å². The number of H-pyrrole nitrogens is 1. The Morgan fingerprint density at radius 1 is 1.26 bits per heavy atom. The van der Waals surface area contributed by atoms with Gasteiger partial charge in [-0.15, -0.1) is 10.2 Å². The Morgan fingerprint density at radius 3 is 2.52 bits per heavy atom. The number of piperazine rings is 1. The van der Waals surface area contributed by atoms with Gasteiger partial charge >= 0.3 is 0 Å². The lowest BCUT2D eigenvalue weighted by atomic mass is 10.1. The van der Waals surface area contributed by atoms with E-state index in [4.69, 9.17) is 0 Å². The van der Waals surface area contributed by atoms with Crippen LogP contribution in [0.25, 0.3) is 11.4 Å². The van der Waals surface area contributed by atoms with Gasteiger partial charge in [-0.25, -0.2) is 9.37 Å². The second-order valence-corrected chi connectivity index (χ2v) is 5.89. The summed E-state index contributed by atoms with van der Waals surface area (Å²) >= 11 is 0. The fourth-order valence-corrected chi connectivity index (χ4v) is 2.50. The maximum Gasteiger partial charge on any atom is 0.259 e. The molecule has 1 fully saturated rings. The maximum absolute atomic E-state index is 13.7. The highest BCUT2D eigenvalue weighted by Gasteiger charge is 2.33. The molecule has 8 nitrogen and oxygen atoms in total. The summed E-state index contributed by atoms with van der Waals surface area (Å²) in [6.07, 6.45) is 1.68. The summed E-state index contributed by atoms with van der Waals surface area (Å²) in [5.41, 5.74) is -1.05. The summed E-state index contributed by atoms with van der Waals surface area (Å²) < 4.78 is 13.7. The third-order valence-electron chi connectivity index (χ3n) is 3.75. The Morgan fingerprint density at radius 2 is 2.00 bits per heavy atom. The zero-order valence-electron chi connectivity index (χ0n) is 13.0. The molecule has 0 unspecified atom stereocenters. The van der Waals surface area contributed by atoms with Crippen molar-refractivity contribution in [1.82, 2.24) is 30.5 Å². The number of nitrogens with zero attached hydrogens (tertiary/aromatic N) is 6. The quantitative estimate of drug-likeness (QED) is 0.893. The Bertz CT molecular complexity index is 657. The standard InChI is InChI=1S/C14H18FN7O/c1-14(2,15)13(23)22-7-5-21(6-8-22)11-4-3-10(9-16-11)12-17-19-20-18-12/h3-4,9H,5-8H2,1-2H3,(H,17,18,19,20). The van der Waals surface area contributed by atoms with Gasteiger partial charge in [-0.2, -0.15) is 5.21 Å². The minimum atomic E-state index is -1.83. The molecule has 1 aliphatic rings. The first-order valence-electron chi connectivity index (χ1n) is 7.38. The second kappa shape index (κ2) is 5.90. The van der Waals surface area contributed by atoms with E-state index in [1.807, 2.05) is 12.1 Å². The van der Waals surface area contributed by atoms with Gasteiger partial charge in [-0.05, 0) is 31.2 Å². The third kappa shape index (κ3) is 3.27. The van der Waals surface area contributed by atoms with Crippen LogP contribution in [0.4, 0.5) is 10.2 Å². The Hall–Kier alpha value is -2.58. The SMILES string of the molecule is CC(C)(F)C(=O)N1CCN(c2ccc(-c3nn[nH]n3)cn2)CC1. The minimum absolute atomic E-state index is 0.461. The zero-order valence-corrected chi connectivity index (χ0v) is 13.0. The average molecular weight is 319 g/mol. The number of halogens is 1. The molecule has 23 heavy (non-hydrogen) atoms. The number of alkyl halides is 1. The number of hydrogen-bond donors (Lipinski definition) is 1. The van der Waals surface area contributed by atoms with Gasteiger partial charge in [0.2, 0.25) is 5.82 Å². The van der Waals surface area contributed by atoms with Gasteiger partial charge in [0.25, 0.3) is 5.91 Å². The third-order valence-corrected chi connectivity index (χ3v) is 3.75. The Balaban J connectivity index is 1.63. The van der Waals surface area contributed by atoms with Crippen LogP contribution in [0, 0.1) is 0 Å². The fraction of sp³-hybridized carbons (Fsp3) is 0.500. The van der Waals surface area contributed by atoms with Crippen molar-refractivity contribution in [2.24, 2.45) is 0 Å². The largest absolute Gasteiger partial charge is 0.353 e. The summed E-state index contributed by atoms with van der Waals surface area (Å²) in [6, 6.07) is 3.75. The van der Waals surface area contributed by atoms with E-state index in [2.05, 4.69) is 30.5 Å². The molecule has 0 aliphatic carbocycles. The molecule has 0 radical (unpaired) electrons. The minimum Gasteiger partial charge on any atom is -0.353 e. The molecule has 3 heterocycles. The monoisotopic (exact) mass is 319 g/mol. The lowest BCUT2D eigenvalue weighted by Gasteiger charge is -2.37. The van der Waals surface area contributed by atoms with E-state index in [0.717, 1.165) is 11.4 Å². The molecule has 0 atom stereocenters. The molecule has 2 aromatic rings. The van der Waals surface area contributed by atoms with E-state index in [0.29, 0.717) is 32.0 Å². The number of carbonyl (C=O) groups is 1. The predicted molar refractivity (Wildman–Crippen MR) is 81.4 cm³/mol. The van der Waals surface area contributed by atoms with Crippen LogP contribution in [0.1, 0.15) is 13.8 Å². The smallest absolute Gasteiger partial charge is 0.259 e. The van der Waals surface area contributed by atoms with Crippen molar-refractivity contribution in [1.29, 1.82) is 0 Å². The van der Waals surface area contributed by atoms with Crippen LogP contribution >= 0.6 is 0 Å². The van der Waals surface area contributed by atoms with Gasteiger partial charge in [-0.3, -0.25) is 4.79 Å². The number of aromatic nitrogens is 5. The van der Waals surface area contributed by atoms with Crippen LogP contribution < -0.4 is 4.90 Å². The lowest BCUT2D eigenvalue weighted by Crippen LogP contribution is -2.53. The molecule has 0 aromatic carbocycles. The number of hydrogen-bond acceptors (Lipinski definition) is 6. The number of rotatable bonds is 3. The molecule has 1 N–H and O–H groups in total. The number of pyridine rings is 1. The van der Waals surface area contributed by atoms with Crippen molar-refractivity contribution in [3.05, 3.63) is 18.3 Å². The average Bonchev–Trinajstić information content (AvgIpc) is 3.08. The summed E-state index contributed by atoms with van der Waals surface area (Å²) in [7, 11) is 0. The Labute approximate surface area is 132 Å². The van der Waals surface area contributed by atoms with Crippen molar-refractivity contribution in [2.45, 2.75) is 19.5 Å². The molecule has 1 aliphatic heterocycles. The highest BCUT2D eigenvalue weighted by molar-refractivity contribution is 5.84. The van der Waals surface area contributed by atoms with Gasteiger partial charge in [0.1, 0.15) is 5.82 Å². The normalized spacial score (nSPS) is 15.8. The molecule has 3 rings (SSSR count). The Kier molecular flexibility index (Phi) is 3.93. The van der Waals surface area contributed by atoms with Gasteiger partial charge < -0.3 is 9.80 Å². The predicted octanol–water partition coefficient (Wildman–Crippen LogP) is 0.658. The summed E-state index contributed by atoms with van der Waals surface area (Å²) in [5, 5.41) is 13.7. The van der Waals surface area contributed by atoms with Crippen LogP contribution in [-0.2, 0) is 4.79 Å². The zero-order chi connectivity index (χ0) is 16.4. The van der Waals surface area contributed by atoms with Gasteiger partial charge in [0.15, 0.2) is 5.67 Å². The summed E-state index contributed by atoms with van der Waals surface area (Å²) in [4.78, 5) is 20.0. The summed E-state index contributed by atoms with van der Waals surface area (Å²) in [5.74, 6) is 0.839. The van der Waals surface area contributed by atoms with E-state index in [9.17, 15) is 9.18 Å².